The summed E-state index contributed by atoms with van der Waals surface area (Å²) in [6, 6.07) is 7.60. The molecule has 2 rings (SSSR count). The summed E-state index contributed by atoms with van der Waals surface area (Å²) in [5.41, 5.74) is 1.95. The van der Waals surface area contributed by atoms with Gasteiger partial charge in [0, 0.05) is 5.56 Å². The summed E-state index contributed by atoms with van der Waals surface area (Å²) in [5, 5.41) is 8.74. The molecule has 0 unspecified atom stereocenters. The van der Waals surface area contributed by atoms with E-state index >= 15 is 0 Å². The molecule has 5 nitrogen and oxygen atoms in total. The number of nitrogens with one attached hydrogen (secondary N) is 2. The van der Waals surface area contributed by atoms with Crippen LogP contribution in [0.1, 0.15) is 5.56 Å². The minimum atomic E-state index is -4.41. The Kier molecular flexibility index (Phi) is 5.07. The number of nitrogens with zero attached hydrogens (tertiary/aromatic N) is 2. The van der Waals surface area contributed by atoms with Crippen molar-refractivity contribution in [2.24, 2.45) is 0 Å². The molecule has 1 amide bonds. The predicted octanol–water partition coefficient (Wildman–Crippen LogP) is 2.55. The van der Waals surface area contributed by atoms with Crippen LogP contribution in [0.3, 0.4) is 0 Å². The van der Waals surface area contributed by atoms with E-state index in [2.05, 4.69) is 15.2 Å². The third kappa shape index (κ3) is 5.06. The van der Waals surface area contributed by atoms with Gasteiger partial charge in [-0.2, -0.15) is 13.2 Å². The van der Waals surface area contributed by atoms with Crippen LogP contribution in [0, 0.1) is 6.92 Å². The number of thioether (sulfide) groups is 1. The molecule has 0 aliphatic carbocycles. The highest BCUT2D eigenvalue weighted by molar-refractivity contribution is 7.99. The lowest BCUT2D eigenvalue weighted by molar-refractivity contribution is -0.136. The zero-order chi connectivity index (χ0) is 16.2. The zero-order valence-electron chi connectivity index (χ0n) is 11.6. The molecule has 0 saturated carbocycles. The van der Waals surface area contributed by atoms with Crippen molar-refractivity contribution in [3.63, 3.8) is 0 Å². The van der Waals surface area contributed by atoms with Gasteiger partial charge in [-0.15, -0.1) is 5.10 Å². The van der Waals surface area contributed by atoms with E-state index in [4.69, 9.17) is 0 Å². The van der Waals surface area contributed by atoms with Crippen molar-refractivity contribution in [2.45, 2.75) is 18.3 Å². The number of aromatic nitrogens is 3. The quantitative estimate of drug-likeness (QED) is 0.827. The highest BCUT2D eigenvalue weighted by Crippen LogP contribution is 2.19. The number of halogens is 3. The first-order valence-electron chi connectivity index (χ1n) is 6.29. The molecule has 0 atom stereocenters. The fourth-order valence-corrected chi connectivity index (χ4v) is 2.16. The number of aryl methyl sites for hydroxylation is 1. The Morgan fingerprint density at radius 3 is 2.64 bits per heavy atom. The molecule has 9 heteroatoms. The molecule has 1 aromatic heterocycles. The molecule has 0 radical (unpaired) electrons. The first-order valence-corrected chi connectivity index (χ1v) is 7.28. The van der Waals surface area contributed by atoms with Gasteiger partial charge < -0.3 is 5.32 Å². The van der Waals surface area contributed by atoms with Crippen LogP contribution in [-0.4, -0.2) is 39.6 Å². The van der Waals surface area contributed by atoms with E-state index in [1.54, 1.807) is 5.32 Å². The second-order valence-electron chi connectivity index (χ2n) is 4.51. The topological polar surface area (TPSA) is 70.7 Å². The van der Waals surface area contributed by atoms with Gasteiger partial charge in [0.05, 0.1) is 5.75 Å². The summed E-state index contributed by atoms with van der Waals surface area (Å²) in [6.07, 6.45) is -4.41. The summed E-state index contributed by atoms with van der Waals surface area (Å²) in [7, 11) is 0. The Hall–Kier alpha value is -2.03. The molecule has 2 aromatic rings. The van der Waals surface area contributed by atoms with E-state index in [0.717, 1.165) is 22.9 Å². The lowest BCUT2D eigenvalue weighted by Gasteiger charge is -2.07. The van der Waals surface area contributed by atoms with Gasteiger partial charge >= 0.3 is 6.18 Å². The molecule has 22 heavy (non-hydrogen) atoms. The van der Waals surface area contributed by atoms with Crippen molar-refractivity contribution in [1.29, 1.82) is 0 Å². The van der Waals surface area contributed by atoms with E-state index in [9.17, 15) is 18.0 Å². The summed E-state index contributed by atoms with van der Waals surface area (Å²) >= 11 is 0.965. The van der Waals surface area contributed by atoms with Crippen LogP contribution in [0.2, 0.25) is 0 Å². The van der Waals surface area contributed by atoms with Gasteiger partial charge in [-0.25, -0.2) is 4.98 Å². The standard InChI is InChI=1S/C13H13F3N4OS/c1-8-2-4-9(5-3-8)11-18-12(20-19-11)22-6-10(21)17-7-13(14,15)16/h2-5H,6-7H2,1H3,(H,17,21)(H,18,19,20). The van der Waals surface area contributed by atoms with Gasteiger partial charge in [0.1, 0.15) is 6.54 Å². The van der Waals surface area contributed by atoms with Crippen molar-refractivity contribution < 1.29 is 18.0 Å². The molecule has 1 aromatic carbocycles. The number of aromatic amines is 1. The van der Waals surface area contributed by atoms with Gasteiger partial charge in [0.15, 0.2) is 5.82 Å². The Morgan fingerprint density at radius 1 is 1.32 bits per heavy atom. The van der Waals surface area contributed by atoms with Crippen LogP contribution in [0.15, 0.2) is 29.4 Å². The number of amides is 1. The monoisotopic (exact) mass is 330 g/mol. The Bertz CT molecular complexity index is 639. The molecular formula is C13H13F3N4OS. The Morgan fingerprint density at radius 2 is 2.00 bits per heavy atom. The fourth-order valence-electron chi connectivity index (χ4n) is 1.53. The molecule has 0 saturated heterocycles. The number of carbonyl (C=O) groups excluding carboxylic acids is 1. The molecule has 0 fully saturated rings. The molecule has 1 heterocycles. The first kappa shape index (κ1) is 16.3. The number of benzene rings is 1. The van der Waals surface area contributed by atoms with Crippen LogP contribution in [0.25, 0.3) is 11.4 Å². The number of hydrogen-bond donors (Lipinski definition) is 2. The zero-order valence-corrected chi connectivity index (χ0v) is 12.4. The van der Waals surface area contributed by atoms with Crippen LogP contribution < -0.4 is 5.32 Å². The molecule has 2 N–H and O–H groups in total. The SMILES string of the molecule is Cc1ccc(-c2nc(SCC(=O)NCC(F)(F)F)n[nH]2)cc1. The minimum Gasteiger partial charge on any atom is -0.346 e. The second-order valence-corrected chi connectivity index (χ2v) is 5.46. The second kappa shape index (κ2) is 6.82. The smallest absolute Gasteiger partial charge is 0.346 e. The average molecular weight is 330 g/mol. The van der Waals surface area contributed by atoms with Crippen molar-refractivity contribution in [3.8, 4) is 11.4 Å². The number of hydrogen-bond acceptors (Lipinski definition) is 4. The largest absolute Gasteiger partial charge is 0.405 e. The van der Waals surface area contributed by atoms with E-state index < -0.39 is 18.6 Å². The van der Waals surface area contributed by atoms with Gasteiger partial charge in [0.2, 0.25) is 11.1 Å². The third-order valence-corrected chi connectivity index (χ3v) is 3.46. The van der Waals surface area contributed by atoms with Gasteiger partial charge in [-0.1, -0.05) is 41.6 Å². The average Bonchev–Trinajstić information content (AvgIpc) is 2.92. The highest BCUT2D eigenvalue weighted by atomic mass is 32.2. The minimum absolute atomic E-state index is 0.179. The van der Waals surface area contributed by atoms with Crippen LogP contribution in [-0.2, 0) is 4.79 Å². The molecule has 0 aliphatic heterocycles. The van der Waals surface area contributed by atoms with Crippen LogP contribution >= 0.6 is 11.8 Å². The third-order valence-electron chi connectivity index (χ3n) is 2.61. The Balaban J connectivity index is 1.87. The van der Waals surface area contributed by atoms with Gasteiger partial charge in [0.25, 0.3) is 0 Å². The summed E-state index contributed by atoms with van der Waals surface area (Å²) in [5.74, 6) is -0.358. The molecular weight excluding hydrogens is 317 g/mol. The van der Waals surface area contributed by atoms with E-state index in [1.807, 2.05) is 31.2 Å². The number of H-pyrrole nitrogens is 1. The molecule has 0 aliphatic rings. The predicted molar refractivity (Wildman–Crippen MR) is 76.3 cm³/mol. The summed E-state index contributed by atoms with van der Waals surface area (Å²) in [6.45, 7) is 0.625. The van der Waals surface area contributed by atoms with E-state index in [1.165, 1.54) is 0 Å². The van der Waals surface area contributed by atoms with Crippen molar-refractivity contribution >= 4 is 17.7 Å². The van der Waals surface area contributed by atoms with Crippen LogP contribution in [0.4, 0.5) is 13.2 Å². The first-order chi connectivity index (χ1) is 10.3. The normalized spacial score (nSPS) is 11.5. The maximum atomic E-state index is 11.9. The van der Waals surface area contributed by atoms with Crippen molar-refractivity contribution in [3.05, 3.63) is 29.8 Å². The molecule has 0 spiro atoms. The lowest BCUT2D eigenvalue weighted by atomic mass is 10.1. The molecule has 118 valence electrons. The molecule has 0 bridgehead atoms. The summed E-state index contributed by atoms with van der Waals surface area (Å²) in [4.78, 5) is 15.5. The van der Waals surface area contributed by atoms with Crippen LogP contribution in [0.5, 0.6) is 0 Å². The maximum Gasteiger partial charge on any atom is 0.405 e. The number of rotatable bonds is 5. The Labute approximate surface area is 128 Å². The van der Waals surface area contributed by atoms with Crippen molar-refractivity contribution in [2.75, 3.05) is 12.3 Å². The van der Waals surface area contributed by atoms with Gasteiger partial charge in [-0.3, -0.25) is 9.89 Å². The number of carbonyl (C=O) groups is 1. The van der Waals surface area contributed by atoms with Crippen molar-refractivity contribution in [1.82, 2.24) is 20.5 Å². The lowest BCUT2D eigenvalue weighted by Crippen LogP contribution is -2.34. The fraction of sp³-hybridized carbons (Fsp3) is 0.308. The van der Waals surface area contributed by atoms with Gasteiger partial charge in [-0.05, 0) is 6.92 Å². The maximum absolute atomic E-state index is 11.9. The van der Waals surface area contributed by atoms with E-state index in [-0.39, 0.29) is 5.75 Å². The van der Waals surface area contributed by atoms with E-state index in [0.29, 0.717) is 11.0 Å². The highest BCUT2D eigenvalue weighted by Gasteiger charge is 2.27. The number of alkyl halides is 3. The summed E-state index contributed by atoms with van der Waals surface area (Å²) < 4.78 is 35.8.